The number of carbonyl (C=O) groups excluding carboxylic acids is 2. The zero-order valence-corrected chi connectivity index (χ0v) is 13.7. The molecule has 0 saturated heterocycles. The van der Waals surface area contributed by atoms with Crippen LogP contribution >= 0.6 is 0 Å². The Morgan fingerprint density at radius 3 is 2.70 bits per heavy atom. The van der Waals surface area contributed by atoms with Crippen LogP contribution in [-0.4, -0.2) is 41.5 Å². The number of hydrogen-bond donors (Lipinski definition) is 2. The molecule has 1 aromatic rings. The molecule has 0 radical (unpaired) electrons. The zero-order valence-electron chi connectivity index (χ0n) is 13.7. The minimum atomic E-state index is -0.419. The first-order valence-corrected chi connectivity index (χ1v) is 8.27. The van der Waals surface area contributed by atoms with E-state index in [0.29, 0.717) is 24.0 Å². The fraction of sp³-hybridized carbons (Fsp3) is 0.688. The molecule has 1 fully saturated rings. The first-order valence-electron chi connectivity index (χ1n) is 8.27. The van der Waals surface area contributed by atoms with Crippen molar-refractivity contribution in [2.75, 3.05) is 25.0 Å². The molecule has 3 N–H and O–H groups in total. The first kappa shape index (κ1) is 17.5. The van der Waals surface area contributed by atoms with Crippen LogP contribution in [0, 0.1) is 12.8 Å². The fourth-order valence-electron chi connectivity index (χ4n) is 3.08. The van der Waals surface area contributed by atoms with E-state index in [1.54, 1.807) is 17.9 Å². The molecule has 1 aliphatic rings. The number of nitrogens with two attached hydrogens (primary N) is 1. The van der Waals surface area contributed by atoms with E-state index in [-0.39, 0.29) is 19.0 Å². The van der Waals surface area contributed by atoms with Crippen LogP contribution in [0.1, 0.15) is 44.2 Å². The molecule has 0 aliphatic heterocycles. The van der Waals surface area contributed by atoms with Crippen molar-refractivity contribution in [3.8, 4) is 0 Å². The second-order valence-corrected chi connectivity index (χ2v) is 6.35. The van der Waals surface area contributed by atoms with Crippen molar-refractivity contribution in [3.05, 3.63) is 11.8 Å². The predicted octanol–water partition coefficient (Wildman–Crippen LogP) is 1.68. The highest BCUT2D eigenvalue weighted by molar-refractivity contribution is 5.91. The van der Waals surface area contributed by atoms with Crippen LogP contribution in [0.15, 0.2) is 10.6 Å². The van der Waals surface area contributed by atoms with Gasteiger partial charge in [-0.2, -0.15) is 0 Å². The maximum Gasteiger partial charge on any atom is 0.240 e. The molecule has 1 saturated carbocycles. The van der Waals surface area contributed by atoms with Gasteiger partial charge in [-0.05, 0) is 25.8 Å². The summed E-state index contributed by atoms with van der Waals surface area (Å²) in [5.41, 5.74) is 5.99. The van der Waals surface area contributed by atoms with Crippen LogP contribution < -0.4 is 11.1 Å². The highest BCUT2D eigenvalue weighted by Crippen LogP contribution is 2.26. The van der Waals surface area contributed by atoms with Crippen LogP contribution in [0.4, 0.5) is 5.88 Å². The number of primary amides is 1. The summed E-state index contributed by atoms with van der Waals surface area (Å²) in [6, 6.07) is 1.65. The molecule has 2 rings (SSSR count). The van der Waals surface area contributed by atoms with Crippen LogP contribution in [0.25, 0.3) is 0 Å². The van der Waals surface area contributed by atoms with Gasteiger partial charge in [0.05, 0.1) is 18.8 Å². The van der Waals surface area contributed by atoms with E-state index in [4.69, 9.17) is 10.3 Å². The lowest BCUT2D eigenvalue weighted by Crippen LogP contribution is -2.40. The Bertz CT molecular complexity index is 523. The summed E-state index contributed by atoms with van der Waals surface area (Å²) in [5, 5.41) is 6.36. The van der Waals surface area contributed by atoms with E-state index >= 15 is 0 Å². The summed E-state index contributed by atoms with van der Waals surface area (Å²) in [6.07, 6.45) is 7.38. The van der Waals surface area contributed by atoms with Crippen molar-refractivity contribution in [2.45, 2.75) is 45.4 Å². The molecule has 7 heteroatoms. The third-order valence-electron chi connectivity index (χ3n) is 4.22. The minimum absolute atomic E-state index is 0.0928. The normalized spacial score (nSPS) is 15.7. The van der Waals surface area contributed by atoms with Gasteiger partial charge in [0.15, 0.2) is 0 Å². The maximum absolute atomic E-state index is 12.1. The number of nitrogens with zero attached hydrogens (tertiary/aromatic N) is 2. The number of carbonyl (C=O) groups is 2. The lowest BCUT2D eigenvalue weighted by atomic mass is 9.87. The molecule has 23 heavy (non-hydrogen) atoms. The summed E-state index contributed by atoms with van der Waals surface area (Å²) in [5.74, 6) is 0.362. The molecule has 0 spiro atoms. The minimum Gasteiger partial charge on any atom is -0.369 e. The summed E-state index contributed by atoms with van der Waals surface area (Å²) in [4.78, 5) is 25.1. The van der Waals surface area contributed by atoms with Crippen LogP contribution in [0.2, 0.25) is 0 Å². The molecular weight excluding hydrogens is 296 g/mol. The lowest BCUT2D eigenvalue weighted by Gasteiger charge is -2.25. The van der Waals surface area contributed by atoms with Crippen molar-refractivity contribution < 1.29 is 14.1 Å². The Balaban J connectivity index is 1.81. The first-order chi connectivity index (χ1) is 11.0. The Hall–Kier alpha value is -1.89. The fourth-order valence-corrected chi connectivity index (χ4v) is 3.08. The number of rotatable bonds is 8. The van der Waals surface area contributed by atoms with Crippen molar-refractivity contribution >= 4 is 17.7 Å². The second kappa shape index (κ2) is 8.67. The second-order valence-electron chi connectivity index (χ2n) is 6.35. The summed E-state index contributed by atoms with van der Waals surface area (Å²) in [6.45, 7) is 2.70. The molecule has 2 amide bonds. The Kier molecular flexibility index (Phi) is 6.58. The smallest absolute Gasteiger partial charge is 0.240 e. The molecule has 1 aliphatic carbocycles. The zero-order chi connectivity index (χ0) is 16.7. The molecule has 1 heterocycles. The maximum atomic E-state index is 12.1. The molecular formula is C16H26N4O3. The molecule has 0 aromatic carbocycles. The molecule has 1 aromatic heterocycles. The number of anilines is 1. The van der Waals surface area contributed by atoms with Gasteiger partial charge in [0.2, 0.25) is 17.7 Å². The monoisotopic (exact) mass is 322 g/mol. The van der Waals surface area contributed by atoms with E-state index in [1.165, 1.54) is 32.1 Å². The van der Waals surface area contributed by atoms with E-state index in [9.17, 15) is 9.59 Å². The number of amides is 2. The quantitative estimate of drug-likeness (QED) is 0.758. The molecule has 0 unspecified atom stereocenters. The van der Waals surface area contributed by atoms with Gasteiger partial charge < -0.3 is 10.3 Å². The van der Waals surface area contributed by atoms with Crippen molar-refractivity contribution in [2.24, 2.45) is 11.7 Å². The molecule has 0 bridgehead atoms. The summed E-state index contributed by atoms with van der Waals surface area (Å²) >= 11 is 0. The van der Waals surface area contributed by atoms with E-state index in [1.807, 2.05) is 0 Å². The lowest BCUT2D eigenvalue weighted by molar-refractivity contribution is -0.121. The van der Waals surface area contributed by atoms with Crippen molar-refractivity contribution in [1.29, 1.82) is 0 Å². The van der Waals surface area contributed by atoms with Gasteiger partial charge in [0.25, 0.3) is 0 Å². The predicted molar refractivity (Wildman–Crippen MR) is 86.7 cm³/mol. The van der Waals surface area contributed by atoms with Gasteiger partial charge >= 0.3 is 0 Å². The third-order valence-corrected chi connectivity index (χ3v) is 4.22. The van der Waals surface area contributed by atoms with Gasteiger partial charge in [-0.1, -0.05) is 37.3 Å². The highest BCUT2D eigenvalue weighted by Gasteiger charge is 2.18. The van der Waals surface area contributed by atoms with E-state index < -0.39 is 5.91 Å². The Labute approximate surface area is 136 Å². The highest BCUT2D eigenvalue weighted by atomic mass is 16.5. The molecule has 7 nitrogen and oxygen atoms in total. The summed E-state index contributed by atoms with van der Waals surface area (Å²) < 4.78 is 4.96. The number of aromatic nitrogens is 1. The van der Waals surface area contributed by atoms with Gasteiger partial charge in [0.1, 0.15) is 0 Å². The number of aryl methyl sites for hydroxylation is 1. The number of nitrogens with one attached hydrogen (secondary N) is 1. The topological polar surface area (TPSA) is 101 Å². The largest absolute Gasteiger partial charge is 0.369 e. The SMILES string of the molecule is Cc1cc(NC(=O)CN(CCC2CCCCC2)CC(N)=O)on1. The summed E-state index contributed by atoms with van der Waals surface area (Å²) in [7, 11) is 0. The third kappa shape index (κ3) is 6.40. The van der Waals surface area contributed by atoms with Crippen LogP contribution in [0.3, 0.4) is 0 Å². The van der Waals surface area contributed by atoms with Crippen molar-refractivity contribution in [3.63, 3.8) is 0 Å². The van der Waals surface area contributed by atoms with Gasteiger partial charge in [-0.15, -0.1) is 0 Å². The molecule has 128 valence electrons. The average Bonchev–Trinajstić information content (AvgIpc) is 2.90. The van der Waals surface area contributed by atoms with E-state index in [0.717, 1.165) is 6.42 Å². The van der Waals surface area contributed by atoms with Gasteiger partial charge in [0, 0.05) is 6.07 Å². The Morgan fingerprint density at radius 1 is 1.35 bits per heavy atom. The standard InChI is InChI=1S/C16H26N4O3/c1-12-9-16(23-19-12)18-15(22)11-20(10-14(17)21)8-7-13-5-3-2-4-6-13/h9,13H,2-8,10-11H2,1H3,(H2,17,21)(H,18,22). The number of hydrogen-bond acceptors (Lipinski definition) is 5. The Morgan fingerprint density at radius 2 is 2.09 bits per heavy atom. The van der Waals surface area contributed by atoms with Gasteiger partial charge in [-0.25, -0.2) is 0 Å². The van der Waals surface area contributed by atoms with Crippen LogP contribution in [0.5, 0.6) is 0 Å². The van der Waals surface area contributed by atoms with E-state index in [2.05, 4.69) is 10.5 Å². The average molecular weight is 322 g/mol. The van der Waals surface area contributed by atoms with Crippen molar-refractivity contribution in [1.82, 2.24) is 10.1 Å². The van der Waals surface area contributed by atoms with Crippen LogP contribution in [-0.2, 0) is 9.59 Å². The van der Waals surface area contributed by atoms with Gasteiger partial charge in [-0.3, -0.25) is 19.8 Å². The molecule has 0 atom stereocenters.